The molecule has 1 aromatic heterocycles. The molecule has 1 rings (SSSR count). The first-order valence-corrected chi connectivity index (χ1v) is 12.1. The van der Waals surface area contributed by atoms with E-state index in [1.165, 1.54) is 0 Å². The molecule has 0 amide bonds. The molecule has 0 radical (unpaired) electrons. The molecule has 0 spiro atoms. The van der Waals surface area contributed by atoms with E-state index in [9.17, 15) is 0 Å². The lowest BCUT2D eigenvalue weighted by atomic mass is 10.1. The van der Waals surface area contributed by atoms with E-state index in [1.807, 2.05) is 32.9 Å². The molecule has 0 saturated heterocycles. The van der Waals surface area contributed by atoms with Crippen molar-refractivity contribution in [2.45, 2.75) is 84.2 Å². The fourth-order valence-corrected chi connectivity index (χ4v) is 3.34. The molecule has 0 N–H and O–H groups in total. The van der Waals surface area contributed by atoms with Gasteiger partial charge in [-0.3, -0.25) is 0 Å². The fourth-order valence-electron chi connectivity index (χ4n) is 2.10. The summed E-state index contributed by atoms with van der Waals surface area (Å²) in [6, 6.07) is 4.01. The number of rotatable bonds is 7. The zero-order chi connectivity index (χ0) is 20.0. The Morgan fingerprint density at radius 2 is 1.85 bits per heavy atom. The van der Waals surface area contributed by atoms with Gasteiger partial charge < -0.3 is 13.6 Å². The maximum Gasteiger partial charge on any atom is 0.193 e. The molecule has 1 unspecified atom stereocenters. The third kappa shape index (κ3) is 7.42. The number of terminal acetylenes is 1. The fraction of sp³-hybridized carbons (Fsp3) is 0.636. The lowest BCUT2D eigenvalue weighted by molar-refractivity contribution is 0.0500. The molecule has 0 saturated carbocycles. The first-order chi connectivity index (χ1) is 11.9. The van der Waals surface area contributed by atoms with Gasteiger partial charge in [0.15, 0.2) is 8.32 Å². The number of aryl methyl sites for hydroxylation is 2. The summed E-state index contributed by atoms with van der Waals surface area (Å²) < 4.78 is 17.9. The third-order valence-corrected chi connectivity index (χ3v) is 9.23. The minimum atomic E-state index is -1.93. The summed E-state index contributed by atoms with van der Waals surface area (Å²) in [6.07, 6.45) is 6.72. The van der Waals surface area contributed by atoms with Gasteiger partial charge in [-0.05, 0) is 57.5 Å². The molecule has 1 atom stereocenters. The zero-order valence-electron chi connectivity index (χ0n) is 17.7. The second-order valence-corrected chi connectivity index (χ2v) is 13.4. The molecule has 26 heavy (non-hydrogen) atoms. The predicted octanol–water partition coefficient (Wildman–Crippen LogP) is 5.34. The Balaban J connectivity index is 2.93. The van der Waals surface area contributed by atoms with Crippen LogP contribution in [0.5, 0.6) is 0 Å². The molecule has 0 aromatic carbocycles. The quantitative estimate of drug-likeness (QED) is 0.477. The van der Waals surface area contributed by atoms with Crippen molar-refractivity contribution in [3.05, 3.63) is 23.7 Å². The minimum absolute atomic E-state index is 0.129. The van der Waals surface area contributed by atoms with Gasteiger partial charge in [-0.15, -0.1) is 6.42 Å². The van der Waals surface area contributed by atoms with Gasteiger partial charge >= 0.3 is 0 Å². The van der Waals surface area contributed by atoms with Crippen molar-refractivity contribution in [1.82, 2.24) is 0 Å². The van der Waals surface area contributed by atoms with Gasteiger partial charge in [0.05, 0.1) is 0 Å². The normalized spacial score (nSPS) is 13.7. The highest BCUT2D eigenvalue weighted by Gasteiger charge is 2.39. The molecule has 3 nitrogen and oxygen atoms in total. The molecular weight excluding hydrogens is 340 g/mol. The van der Waals surface area contributed by atoms with Crippen molar-refractivity contribution in [2.24, 2.45) is 0 Å². The van der Waals surface area contributed by atoms with Crippen LogP contribution in [-0.2, 0) is 15.6 Å². The van der Waals surface area contributed by atoms with Gasteiger partial charge in [0.25, 0.3) is 0 Å². The van der Waals surface area contributed by atoms with Gasteiger partial charge in [0.1, 0.15) is 29.8 Å². The molecule has 0 fully saturated rings. The SMILES string of the molecule is C#CCOC(C)(C)C#CC(CCc1ccc(C)o1)O[Si](C)(C)C(C)(C)C. The molecule has 0 bridgehead atoms. The lowest BCUT2D eigenvalue weighted by Crippen LogP contribution is -2.43. The molecule has 0 aliphatic heterocycles. The third-order valence-electron chi connectivity index (χ3n) is 4.74. The Labute approximate surface area is 161 Å². The van der Waals surface area contributed by atoms with Crippen molar-refractivity contribution in [2.75, 3.05) is 6.61 Å². The Morgan fingerprint density at radius 3 is 2.35 bits per heavy atom. The van der Waals surface area contributed by atoms with E-state index in [-0.39, 0.29) is 17.7 Å². The largest absolute Gasteiger partial charge is 0.466 e. The van der Waals surface area contributed by atoms with Crippen LogP contribution >= 0.6 is 0 Å². The lowest BCUT2D eigenvalue weighted by Gasteiger charge is -2.38. The van der Waals surface area contributed by atoms with Gasteiger partial charge in [-0.25, -0.2) is 0 Å². The van der Waals surface area contributed by atoms with Crippen LogP contribution in [0.15, 0.2) is 16.5 Å². The minimum Gasteiger partial charge on any atom is -0.466 e. The van der Waals surface area contributed by atoms with E-state index < -0.39 is 13.9 Å². The monoisotopic (exact) mass is 374 g/mol. The van der Waals surface area contributed by atoms with E-state index >= 15 is 0 Å². The van der Waals surface area contributed by atoms with Crippen molar-refractivity contribution in [1.29, 1.82) is 0 Å². The van der Waals surface area contributed by atoms with Crippen LogP contribution in [0.3, 0.4) is 0 Å². The summed E-state index contributed by atoms with van der Waals surface area (Å²) in [5, 5.41) is 0.129. The van der Waals surface area contributed by atoms with Crippen molar-refractivity contribution < 1.29 is 13.6 Å². The summed E-state index contributed by atoms with van der Waals surface area (Å²) in [6.45, 7) is 17.3. The molecule has 4 heteroatoms. The van der Waals surface area contributed by atoms with E-state index in [4.69, 9.17) is 20.0 Å². The van der Waals surface area contributed by atoms with Crippen LogP contribution in [-0.4, -0.2) is 26.6 Å². The van der Waals surface area contributed by atoms with E-state index in [1.54, 1.807) is 0 Å². The van der Waals surface area contributed by atoms with E-state index in [0.717, 1.165) is 24.4 Å². The highest BCUT2D eigenvalue weighted by atomic mass is 28.4. The highest BCUT2D eigenvalue weighted by Crippen LogP contribution is 2.37. The summed E-state index contributed by atoms with van der Waals surface area (Å²) in [7, 11) is -1.93. The number of ether oxygens (including phenoxy) is 1. The standard InChI is InChI=1S/C22H34O3Si/c1-10-17-23-22(6,7)16-15-20(25-26(8,9)21(3,4)5)14-13-19-12-11-18(2)24-19/h1,11-12,20H,13-14,17H2,2-9H3. The van der Waals surface area contributed by atoms with Crippen molar-refractivity contribution in [3.8, 4) is 24.2 Å². The molecular formula is C22H34O3Si. The van der Waals surface area contributed by atoms with Crippen LogP contribution in [0.1, 0.15) is 52.6 Å². The molecule has 144 valence electrons. The molecule has 1 aromatic rings. The number of hydrogen-bond donors (Lipinski definition) is 0. The molecule has 0 aliphatic rings. The Morgan fingerprint density at radius 1 is 1.19 bits per heavy atom. The van der Waals surface area contributed by atoms with Crippen LogP contribution < -0.4 is 0 Å². The summed E-state index contributed by atoms with van der Waals surface area (Å²) in [5.41, 5.74) is -0.595. The number of hydrogen-bond acceptors (Lipinski definition) is 3. The highest BCUT2D eigenvalue weighted by molar-refractivity contribution is 6.74. The Bertz CT molecular complexity index is 675. The van der Waals surface area contributed by atoms with Crippen LogP contribution in [0.2, 0.25) is 18.1 Å². The van der Waals surface area contributed by atoms with Gasteiger partial charge in [0, 0.05) is 6.42 Å². The summed E-state index contributed by atoms with van der Waals surface area (Å²) in [4.78, 5) is 0. The average Bonchev–Trinajstić information content (AvgIpc) is 2.92. The van der Waals surface area contributed by atoms with E-state index in [2.05, 4.69) is 51.6 Å². The zero-order valence-corrected chi connectivity index (χ0v) is 18.7. The second-order valence-electron chi connectivity index (χ2n) is 8.69. The van der Waals surface area contributed by atoms with Crippen LogP contribution in [0.4, 0.5) is 0 Å². The van der Waals surface area contributed by atoms with Gasteiger partial charge in [-0.1, -0.05) is 38.5 Å². The van der Waals surface area contributed by atoms with Crippen molar-refractivity contribution in [3.63, 3.8) is 0 Å². The summed E-state index contributed by atoms with van der Waals surface area (Å²) >= 11 is 0. The first kappa shape index (κ1) is 22.6. The number of furan rings is 1. The maximum absolute atomic E-state index is 6.56. The van der Waals surface area contributed by atoms with E-state index in [0.29, 0.717) is 0 Å². The Kier molecular flexibility index (Phi) is 7.78. The van der Waals surface area contributed by atoms with Gasteiger partial charge in [0.2, 0.25) is 0 Å². The average molecular weight is 375 g/mol. The van der Waals surface area contributed by atoms with Crippen LogP contribution in [0, 0.1) is 31.1 Å². The van der Waals surface area contributed by atoms with Gasteiger partial charge in [-0.2, -0.15) is 0 Å². The molecule has 0 aliphatic carbocycles. The first-order valence-electron chi connectivity index (χ1n) is 9.19. The summed E-state index contributed by atoms with van der Waals surface area (Å²) in [5.74, 6) is 10.9. The maximum atomic E-state index is 6.56. The predicted molar refractivity (Wildman–Crippen MR) is 110 cm³/mol. The Hall–Kier alpha value is -1.46. The second kappa shape index (κ2) is 8.96. The van der Waals surface area contributed by atoms with Crippen LogP contribution in [0.25, 0.3) is 0 Å². The smallest absolute Gasteiger partial charge is 0.193 e. The van der Waals surface area contributed by atoms with Crippen molar-refractivity contribution >= 4 is 8.32 Å². The topological polar surface area (TPSA) is 31.6 Å². The molecule has 1 heterocycles.